The fourth-order valence-electron chi connectivity index (χ4n) is 1.69. The predicted molar refractivity (Wildman–Crippen MR) is 81.8 cm³/mol. The van der Waals surface area contributed by atoms with Crippen molar-refractivity contribution >= 4 is 33.7 Å². The summed E-state index contributed by atoms with van der Waals surface area (Å²) in [6, 6.07) is 2.09. The van der Waals surface area contributed by atoms with Gasteiger partial charge in [0.05, 0.1) is 0 Å². The number of pyridine rings is 1. The Hall–Kier alpha value is -0.781. The Morgan fingerprint density at radius 3 is 2.37 bits per heavy atom. The molecule has 1 heterocycles. The third-order valence-corrected chi connectivity index (χ3v) is 8.28. The minimum absolute atomic E-state index is 0.421. The first-order chi connectivity index (χ1) is 8.49. The Morgan fingerprint density at radius 2 is 1.89 bits per heavy atom. The van der Waals surface area contributed by atoms with E-state index in [2.05, 4.69) is 31.2 Å². The predicted octanol–water partition coefficient (Wildman–Crippen LogP) is 3.28. The van der Waals surface area contributed by atoms with E-state index in [1.807, 2.05) is 27.7 Å². The molecule has 5 heteroatoms. The van der Waals surface area contributed by atoms with E-state index in [9.17, 15) is 4.79 Å². The van der Waals surface area contributed by atoms with Crippen molar-refractivity contribution in [2.45, 2.75) is 48.1 Å². The van der Waals surface area contributed by atoms with Crippen molar-refractivity contribution in [3.63, 3.8) is 0 Å². The van der Waals surface area contributed by atoms with Gasteiger partial charge in [-0.1, -0.05) is 0 Å². The molecule has 1 amide bonds. The second kappa shape index (κ2) is 5.69. The molecule has 1 N–H and O–H groups in total. The molecule has 0 bridgehead atoms. The molecule has 1 rings (SSSR count). The molecule has 1 aromatic heterocycles. The van der Waals surface area contributed by atoms with Gasteiger partial charge in [-0.2, -0.15) is 0 Å². The molecule has 0 fully saturated rings. The van der Waals surface area contributed by atoms with Crippen molar-refractivity contribution in [1.29, 1.82) is 0 Å². The van der Waals surface area contributed by atoms with E-state index in [-0.39, 0.29) is 0 Å². The minimum atomic E-state index is -2.30. The Balaban J connectivity index is 2.99. The Bertz CT molecular complexity index is 473. The van der Waals surface area contributed by atoms with Gasteiger partial charge in [0, 0.05) is 0 Å². The Labute approximate surface area is 119 Å². The standard InChI is InChI=1S/C11H15N2O2.3CH3.Sn/c1-8-5-6-9(7-12-8)13-10(14)15-11(2,3)4;;;;/h5,7H,1-4H3,(H,13,14);3*1H3;. The SMILES string of the molecule is Cc1c[c]([Sn]([CH3])([CH3])[CH3])c(NC(=O)OC(C)(C)C)cn1. The number of hydrogen-bond acceptors (Lipinski definition) is 3. The normalized spacial score (nSPS) is 12.2. The number of ether oxygens (including phenoxy) is 1. The number of rotatable bonds is 2. The average Bonchev–Trinajstić information content (AvgIpc) is 2.16. The van der Waals surface area contributed by atoms with Gasteiger partial charge in [-0.3, -0.25) is 0 Å². The van der Waals surface area contributed by atoms with Gasteiger partial charge in [0.15, 0.2) is 0 Å². The van der Waals surface area contributed by atoms with Crippen LogP contribution in [0.2, 0.25) is 14.8 Å². The summed E-state index contributed by atoms with van der Waals surface area (Å²) in [6.07, 6.45) is 1.31. The van der Waals surface area contributed by atoms with Crippen molar-refractivity contribution < 1.29 is 9.53 Å². The van der Waals surface area contributed by atoms with E-state index in [4.69, 9.17) is 4.74 Å². The molecule has 0 aromatic carbocycles. The Morgan fingerprint density at radius 1 is 1.32 bits per heavy atom. The third-order valence-electron chi connectivity index (χ3n) is 2.48. The zero-order valence-corrected chi connectivity index (χ0v) is 15.8. The van der Waals surface area contributed by atoms with Crippen LogP contribution in [0.3, 0.4) is 0 Å². The third kappa shape index (κ3) is 5.38. The molecular formula is C14H24N2O2Sn. The van der Waals surface area contributed by atoms with E-state index >= 15 is 0 Å². The van der Waals surface area contributed by atoms with Gasteiger partial charge in [-0.15, -0.1) is 0 Å². The van der Waals surface area contributed by atoms with Crippen LogP contribution in [-0.4, -0.2) is 35.1 Å². The number of nitrogens with zero attached hydrogens (tertiary/aromatic N) is 1. The van der Waals surface area contributed by atoms with Crippen LogP contribution in [0.1, 0.15) is 26.5 Å². The molecule has 0 atom stereocenters. The Kier molecular flexibility index (Phi) is 4.87. The molecule has 0 radical (unpaired) electrons. The van der Waals surface area contributed by atoms with Gasteiger partial charge < -0.3 is 0 Å². The van der Waals surface area contributed by atoms with Crippen LogP contribution in [0.4, 0.5) is 10.5 Å². The van der Waals surface area contributed by atoms with Crippen molar-refractivity contribution in [2.24, 2.45) is 0 Å². The number of nitrogens with one attached hydrogen (secondary N) is 1. The zero-order valence-electron chi connectivity index (χ0n) is 12.9. The number of amides is 1. The van der Waals surface area contributed by atoms with Gasteiger partial charge in [0.1, 0.15) is 0 Å². The van der Waals surface area contributed by atoms with E-state index < -0.39 is 30.1 Å². The summed E-state index contributed by atoms with van der Waals surface area (Å²) < 4.78 is 6.54. The summed E-state index contributed by atoms with van der Waals surface area (Å²) in [6.45, 7) is 7.52. The van der Waals surface area contributed by atoms with Gasteiger partial charge in [-0.05, 0) is 0 Å². The number of carbonyl (C=O) groups excluding carboxylic acids is 1. The van der Waals surface area contributed by atoms with Crippen LogP contribution in [0.5, 0.6) is 0 Å². The molecular weight excluding hydrogens is 347 g/mol. The van der Waals surface area contributed by atoms with Gasteiger partial charge in [-0.25, -0.2) is 0 Å². The number of carbonyl (C=O) groups is 1. The van der Waals surface area contributed by atoms with Crippen molar-refractivity contribution in [1.82, 2.24) is 4.98 Å². The molecule has 0 spiro atoms. The molecule has 0 saturated carbocycles. The molecule has 0 aliphatic rings. The fourth-order valence-corrected chi connectivity index (χ4v) is 6.19. The quantitative estimate of drug-likeness (QED) is 0.812. The van der Waals surface area contributed by atoms with E-state index in [0.717, 1.165) is 11.4 Å². The van der Waals surface area contributed by atoms with Crippen LogP contribution in [-0.2, 0) is 4.74 Å². The maximum absolute atomic E-state index is 11.9. The summed E-state index contributed by atoms with van der Waals surface area (Å²) in [5.41, 5.74) is 1.28. The first kappa shape index (κ1) is 16.3. The molecule has 19 heavy (non-hydrogen) atoms. The number of aryl methyl sites for hydroxylation is 1. The zero-order chi connectivity index (χ0) is 14.8. The van der Waals surface area contributed by atoms with Crippen LogP contribution in [0.25, 0.3) is 0 Å². The van der Waals surface area contributed by atoms with E-state index in [1.165, 1.54) is 3.58 Å². The molecule has 0 unspecified atom stereocenters. The van der Waals surface area contributed by atoms with Crippen molar-refractivity contribution in [3.05, 3.63) is 18.0 Å². The topological polar surface area (TPSA) is 51.2 Å². The molecule has 1 aromatic rings. The van der Waals surface area contributed by atoms with Crippen LogP contribution in [0, 0.1) is 6.92 Å². The fraction of sp³-hybridized carbons (Fsp3) is 0.571. The molecule has 106 valence electrons. The first-order valence-electron chi connectivity index (χ1n) is 6.46. The molecule has 0 aliphatic carbocycles. The van der Waals surface area contributed by atoms with Crippen molar-refractivity contribution in [3.8, 4) is 0 Å². The molecule has 0 saturated heterocycles. The number of anilines is 1. The van der Waals surface area contributed by atoms with E-state index in [1.54, 1.807) is 6.20 Å². The number of aromatic nitrogens is 1. The van der Waals surface area contributed by atoms with Gasteiger partial charge in [0.25, 0.3) is 0 Å². The summed E-state index contributed by atoms with van der Waals surface area (Å²) in [4.78, 5) is 23.0. The molecule has 4 nitrogen and oxygen atoms in total. The van der Waals surface area contributed by atoms with Gasteiger partial charge in [0.2, 0.25) is 0 Å². The van der Waals surface area contributed by atoms with Crippen LogP contribution in [0.15, 0.2) is 12.3 Å². The summed E-state index contributed by atoms with van der Waals surface area (Å²) in [7, 11) is 0. The van der Waals surface area contributed by atoms with Crippen LogP contribution < -0.4 is 8.90 Å². The van der Waals surface area contributed by atoms with E-state index in [0.29, 0.717) is 0 Å². The summed E-state index contributed by atoms with van der Waals surface area (Å²) >= 11 is -2.30. The average molecular weight is 371 g/mol. The van der Waals surface area contributed by atoms with Crippen LogP contribution >= 0.6 is 0 Å². The first-order valence-corrected chi connectivity index (χ1v) is 16.4. The molecule has 0 aliphatic heterocycles. The maximum atomic E-state index is 11.9. The van der Waals surface area contributed by atoms with Crippen molar-refractivity contribution in [2.75, 3.05) is 5.32 Å². The van der Waals surface area contributed by atoms with Gasteiger partial charge >= 0.3 is 120 Å². The second-order valence-corrected chi connectivity index (χ2v) is 21.1. The summed E-state index contributed by atoms with van der Waals surface area (Å²) in [5, 5.41) is 2.83. The second-order valence-electron chi connectivity index (χ2n) is 6.75. The summed E-state index contributed by atoms with van der Waals surface area (Å²) in [5.74, 6) is 0. The number of hydrogen-bond donors (Lipinski definition) is 1. The monoisotopic (exact) mass is 372 g/mol.